The van der Waals surface area contributed by atoms with Gasteiger partial charge in [0.25, 0.3) is 6.71 Å². The molecule has 18 rings (SSSR count). The molecule has 4 heterocycles. The minimum atomic E-state index is -0.0966. The zero-order chi connectivity index (χ0) is 78.7. The third-order valence-electron chi connectivity index (χ3n) is 28.8. The maximum absolute atomic E-state index is 3.11. The molecule has 0 amide bonds. The lowest BCUT2D eigenvalue weighted by Crippen LogP contribution is -2.65. The highest BCUT2D eigenvalue weighted by molar-refractivity contribution is 7.00. The van der Waals surface area contributed by atoms with E-state index < -0.39 is 0 Å². The molecular formula is C108H127BN4. The number of benzene rings is 8. The molecule has 0 saturated heterocycles. The van der Waals surface area contributed by atoms with Gasteiger partial charge in [0.2, 0.25) is 0 Å². The van der Waals surface area contributed by atoms with Crippen molar-refractivity contribution in [2.75, 3.05) is 9.80 Å². The molecule has 4 nitrogen and oxygen atoms in total. The topological polar surface area (TPSA) is 16.3 Å². The monoisotopic (exact) mass is 1490 g/mol. The van der Waals surface area contributed by atoms with Crippen LogP contribution in [0.4, 0.5) is 22.7 Å². The number of rotatable bonds is 9. The molecule has 8 atom stereocenters. The Morgan fingerprint density at radius 1 is 0.354 bits per heavy atom. The van der Waals surface area contributed by atoms with Gasteiger partial charge in [0.15, 0.2) is 0 Å². The van der Waals surface area contributed by atoms with E-state index >= 15 is 0 Å². The van der Waals surface area contributed by atoms with E-state index in [9.17, 15) is 0 Å². The van der Waals surface area contributed by atoms with Gasteiger partial charge in [-0.2, -0.15) is 0 Å². The zero-order valence-electron chi connectivity index (χ0n) is 71.9. The van der Waals surface area contributed by atoms with Gasteiger partial charge in [-0.15, -0.1) is 0 Å². The second-order valence-corrected chi connectivity index (χ2v) is 42.4. The molecule has 10 aromatic rings. The van der Waals surface area contributed by atoms with E-state index in [4.69, 9.17) is 0 Å². The summed E-state index contributed by atoms with van der Waals surface area (Å²) in [5.74, 6) is 2.30. The third-order valence-corrected chi connectivity index (χ3v) is 28.8. The summed E-state index contributed by atoms with van der Waals surface area (Å²) in [6.07, 6.45) is 40.2. The lowest BCUT2D eigenvalue weighted by Gasteiger charge is -2.55. The van der Waals surface area contributed by atoms with E-state index in [1.54, 1.807) is 22.3 Å². The SMILES string of the molecule is CC(C)(C)c1ccc2c(c1)c1cc(C(C)(C)C)ccc1n2-c1ccc2c(c1)N(C1C(C3CC=CCC3)=CC(C(C)(C)C)CC1C1=CCCCC1)c1cc(-c3ccccc3)cc3c1B2c1ccc(-n2c4ccc(C(C)(C)C)cc4c4cc(C(C)(C)C)ccc42)cc1N3C1C(C2CC=CCC2)=CC(C(C)(C)C)CC1C1=CCCCC1. The molecule has 8 unspecified atom stereocenters. The number of allylic oxidation sites excluding steroid dienone is 8. The molecule has 2 aromatic heterocycles. The van der Waals surface area contributed by atoms with Gasteiger partial charge >= 0.3 is 0 Å². The maximum Gasteiger partial charge on any atom is 0.252 e. The van der Waals surface area contributed by atoms with Crippen LogP contribution in [-0.4, -0.2) is 27.9 Å². The van der Waals surface area contributed by atoms with Crippen LogP contribution in [0.3, 0.4) is 0 Å². The Hall–Kier alpha value is -8.54. The van der Waals surface area contributed by atoms with Crippen LogP contribution in [0.25, 0.3) is 66.1 Å². The third kappa shape index (κ3) is 13.4. The summed E-state index contributed by atoms with van der Waals surface area (Å²) < 4.78 is 5.35. The standard InChI is InChI=1S/C108H127BN4/c1-103(2,3)74-44-52-92-86(58-74)87-59-75(104(4,5)6)45-53-93(87)110(92)80-48-50-90-96(66-80)112(101-82(69-36-26-20-27-37-69)62-78(107(13,14)15)63-83(101)70-38-28-21-29-39-70)98-56-73(68-34-24-19-25-35-68)57-99-100(98)109(90)91-51-49-81(111-94-54-46-76(105(7,8)9)60-88(94)89-61-77(106(10,11)12)47-55-95(89)111)67-97(91)113(99)102-84(71-40-30-22-31-41-71)64-79(108(16,17)18)65-85(102)72-42-32-23-33-43-72/h19-20,22,24-26,30,34-35,38,42,44-62,64,66-67,69,71,78-79,83,85,101-102H,21,23,27-29,31-33,36-37,39-41,43,63,65H2,1-18H3. The van der Waals surface area contributed by atoms with Gasteiger partial charge in [-0.05, 0) is 305 Å². The molecule has 113 heavy (non-hydrogen) atoms. The first kappa shape index (κ1) is 75.8. The fourth-order valence-electron chi connectivity index (χ4n) is 22.2. The average molecular weight is 1490 g/mol. The number of anilines is 4. The van der Waals surface area contributed by atoms with E-state index in [2.05, 4.69) is 344 Å². The summed E-state index contributed by atoms with van der Waals surface area (Å²) in [4.78, 5) is 6.22. The molecule has 6 aliphatic carbocycles. The van der Waals surface area contributed by atoms with Crippen molar-refractivity contribution in [1.29, 1.82) is 0 Å². The van der Waals surface area contributed by atoms with Crippen LogP contribution in [-0.2, 0) is 21.7 Å². The molecule has 8 aliphatic rings. The van der Waals surface area contributed by atoms with Gasteiger partial charge in [0.05, 0.1) is 34.2 Å². The Balaban J connectivity index is 0.994. The van der Waals surface area contributed by atoms with E-state index in [0.29, 0.717) is 35.5 Å². The lowest BCUT2D eigenvalue weighted by molar-refractivity contribution is 0.220. The highest BCUT2D eigenvalue weighted by Crippen LogP contribution is 2.57. The molecule has 2 aliphatic heterocycles. The molecular weight excluding hydrogens is 1360 g/mol. The van der Waals surface area contributed by atoms with Crippen LogP contribution in [0, 0.1) is 46.3 Å². The largest absolute Gasteiger partial charge is 0.334 e. The predicted octanol–water partition coefficient (Wildman–Crippen LogP) is 27.8. The van der Waals surface area contributed by atoms with E-state index in [1.807, 2.05) is 0 Å². The number of nitrogens with zero attached hydrogens (tertiary/aromatic N) is 4. The second-order valence-electron chi connectivity index (χ2n) is 42.4. The average Bonchev–Trinajstić information content (AvgIpc) is 1.12. The summed E-state index contributed by atoms with van der Waals surface area (Å²) in [6.45, 7) is 43.7. The van der Waals surface area contributed by atoms with Crippen molar-refractivity contribution in [2.45, 2.75) is 261 Å². The van der Waals surface area contributed by atoms with E-state index in [0.717, 1.165) is 51.4 Å². The van der Waals surface area contributed by atoms with Crippen molar-refractivity contribution >= 4 is 89.5 Å². The zero-order valence-corrected chi connectivity index (χ0v) is 71.9. The molecule has 0 saturated carbocycles. The Bertz CT molecular complexity index is 5140. The van der Waals surface area contributed by atoms with Gasteiger partial charge < -0.3 is 18.9 Å². The predicted molar refractivity (Wildman–Crippen MR) is 489 cm³/mol. The fourth-order valence-corrected chi connectivity index (χ4v) is 22.2. The highest BCUT2D eigenvalue weighted by Gasteiger charge is 2.53. The minimum Gasteiger partial charge on any atom is -0.334 e. The Morgan fingerprint density at radius 3 is 1.06 bits per heavy atom. The number of fused-ring (bicyclic) bond motifs is 10. The van der Waals surface area contributed by atoms with E-state index in [-0.39, 0.29) is 51.3 Å². The fraction of sp³-hybridized carbons (Fsp3) is 0.444. The van der Waals surface area contributed by atoms with Gasteiger partial charge in [0.1, 0.15) is 0 Å². The quantitative estimate of drug-likeness (QED) is 0.106. The minimum absolute atomic E-state index is 0.0234. The van der Waals surface area contributed by atoms with Gasteiger partial charge in [-0.25, -0.2) is 0 Å². The highest BCUT2D eigenvalue weighted by atomic mass is 15.2. The van der Waals surface area contributed by atoms with Crippen LogP contribution < -0.4 is 26.2 Å². The molecule has 582 valence electrons. The molecule has 0 radical (unpaired) electrons. The van der Waals surface area contributed by atoms with Crippen molar-refractivity contribution in [1.82, 2.24) is 9.13 Å². The van der Waals surface area contributed by atoms with Crippen molar-refractivity contribution in [3.8, 4) is 22.5 Å². The Labute approximate surface area is 678 Å². The summed E-state index contributed by atoms with van der Waals surface area (Å²) in [6, 6.07) is 63.1. The molecule has 0 spiro atoms. The molecule has 0 N–H and O–H groups in total. The van der Waals surface area contributed by atoms with Gasteiger partial charge in [0, 0.05) is 67.5 Å². The number of hydrogen-bond donors (Lipinski definition) is 0. The summed E-state index contributed by atoms with van der Waals surface area (Å²) >= 11 is 0. The molecule has 8 aromatic carbocycles. The normalized spacial score (nSPS) is 23.2. The van der Waals surface area contributed by atoms with Crippen molar-refractivity contribution < 1.29 is 0 Å². The first-order chi connectivity index (χ1) is 53.8. The van der Waals surface area contributed by atoms with Crippen molar-refractivity contribution in [3.05, 3.63) is 245 Å². The van der Waals surface area contributed by atoms with Gasteiger partial charge in [-0.3, -0.25) is 0 Å². The summed E-state index contributed by atoms with van der Waals surface area (Å²) in [5, 5.41) is 5.32. The van der Waals surface area contributed by atoms with Crippen molar-refractivity contribution in [2.24, 2.45) is 46.3 Å². The smallest absolute Gasteiger partial charge is 0.252 e. The van der Waals surface area contributed by atoms with Crippen LogP contribution >= 0.6 is 0 Å². The Kier molecular flexibility index (Phi) is 18.9. The van der Waals surface area contributed by atoms with Crippen molar-refractivity contribution in [3.63, 3.8) is 0 Å². The molecule has 0 fully saturated rings. The van der Waals surface area contributed by atoms with E-state index in [1.165, 1.54) is 179 Å². The van der Waals surface area contributed by atoms with Crippen LogP contribution in [0.2, 0.25) is 0 Å². The summed E-state index contributed by atoms with van der Waals surface area (Å²) in [7, 11) is 0. The number of aromatic nitrogens is 2. The maximum atomic E-state index is 3.11. The van der Waals surface area contributed by atoms with Gasteiger partial charge in [-0.1, -0.05) is 251 Å². The molecule has 0 bridgehead atoms. The van der Waals surface area contributed by atoms with Crippen LogP contribution in [0.15, 0.2) is 223 Å². The Morgan fingerprint density at radius 2 is 0.735 bits per heavy atom. The summed E-state index contributed by atoms with van der Waals surface area (Å²) in [5.41, 5.74) is 32.3. The molecule has 5 heteroatoms. The first-order valence-electron chi connectivity index (χ1n) is 44.2. The van der Waals surface area contributed by atoms with Crippen LogP contribution in [0.1, 0.15) is 250 Å². The second kappa shape index (κ2) is 28.1. The first-order valence-corrected chi connectivity index (χ1v) is 44.2. The van der Waals surface area contributed by atoms with Crippen LogP contribution in [0.5, 0.6) is 0 Å². The number of hydrogen-bond acceptors (Lipinski definition) is 2. The lowest BCUT2D eigenvalue weighted by atomic mass is 9.33.